The van der Waals surface area contributed by atoms with E-state index >= 15 is 0 Å². The number of hydrogen-bond donors (Lipinski definition) is 1. The summed E-state index contributed by atoms with van der Waals surface area (Å²) in [6, 6.07) is 18.0. The summed E-state index contributed by atoms with van der Waals surface area (Å²) < 4.78 is 5.93. The number of aryl methyl sites for hydroxylation is 1. The molecule has 2 rings (SSSR count). The molecular formula is C18H20N2O. The van der Waals surface area contributed by atoms with Gasteiger partial charge in [-0.1, -0.05) is 42.5 Å². The van der Waals surface area contributed by atoms with Crippen molar-refractivity contribution in [3.8, 4) is 11.8 Å². The molecule has 0 saturated heterocycles. The van der Waals surface area contributed by atoms with E-state index in [4.69, 9.17) is 4.74 Å². The topological polar surface area (TPSA) is 45.0 Å². The second kappa shape index (κ2) is 6.43. The van der Waals surface area contributed by atoms with E-state index in [2.05, 4.69) is 24.4 Å². The van der Waals surface area contributed by atoms with Crippen LogP contribution in [0.2, 0.25) is 0 Å². The molecule has 0 saturated carbocycles. The van der Waals surface area contributed by atoms with Crippen LogP contribution in [-0.4, -0.2) is 13.7 Å². The Balaban J connectivity index is 2.26. The summed E-state index contributed by atoms with van der Waals surface area (Å²) in [5.74, 6) is 0.820. The van der Waals surface area contributed by atoms with Crippen LogP contribution < -0.4 is 10.1 Å². The van der Waals surface area contributed by atoms with Crippen LogP contribution in [0.25, 0.3) is 0 Å². The number of nitrogens with one attached hydrogen (secondary N) is 1. The van der Waals surface area contributed by atoms with Gasteiger partial charge in [0, 0.05) is 0 Å². The second-order valence-electron chi connectivity index (χ2n) is 5.12. The molecular weight excluding hydrogens is 260 g/mol. The van der Waals surface area contributed by atoms with Crippen LogP contribution in [0.5, 0.6) is 5.75 Å². The summed E-state index contributed by atoms with van der Waals surface area (Å²) in [6.45, 7) is 4.34. The van der Waals surface area contributed by atoms with E-state index in [0.717, 1.165) is 16.9 Å². The van der Waals surface area contributed by atoms with Gasteiger partial charge in [-0.25, -0.2) is 0 Å². The summed E-state index contributed by atoms with van der Waals surface area (Å²) in [4.78, 5) is 0. The molecule has 0 fully saturated rings. The van der Waals surface area contributed by atoms with Gasteiger partial charge in [0.25, 0.3) is 0 Å². The van der Waals surface area contributed by atoms with Gasteiger partial charge >= 0.3 is 0 Å². The Bertz CT molecular complexity index is 646. The molecule has 1 atom stereocenters. The zero-order valence-electron chi connectivity index (χ0n) is 12.7. The number of likely N-dealkylation sites (N-methyl/N-ethyl adjacent to an activating group) is 1. The van der Waals surface area contributed by atoms with Crippen molar-refractivity contribution in [2.75, 3.05) is 13.7 Å². The Morgan fingerprint density at radius 1 is 1.10 bits per heavy atom. The van der Waals surface area contributed by atoms with Gasteiger partial charge in [0.2, 0.25) is 0 Å². The normalized spacial score (nSPS) is 13.2. The Hall–Kier alpha value is -2.31. The minimum absolute atomic E-state index is 0.258. The van der Waals surface area contributed by atoms with Crippen LogP contribution in [0.4, 0.5) is 0 Å². The summed E-state index contributed by atoms with van der Waals surface area (Å²) in [5.41, 5.74) is 2.34. The fourth-order valence-electron chi connectivity index (χ4n) is 2.24. The lowest BCUT2D eigenvalue weighted by atomic mass is 9.92. The zero-order chi connectivity index (χ0) is 15.3. The monoisotopic (exact) mass is 280 g/mol. The van der Waals surface area contributed by atoms with Crippen molar-refractivity contribution in [1.82, 2.24) is 5.32 Å². The lowest BCUT2D eigenvalue weighted by Crippen LogP contribution is -2.44. The summed E-state index contributed by atoms with van der Waals surface area (Å²) in [6.07, 6.45) is 0. The van der Waals surface area contributed by atoms with Gasteiger partial charge in [0.1, 0.15) is 12.4 Å². The highest BCUT2D eigenvalue weighted by atomic mass is 16.5. The average molecular weight is 280 g/mol. The van der Waals surface area contributed by atoms with E-state index in [1.807, 2.05) is 49.4 Å². The average Bonchev–Trinajstić information content (AvgIpc) is 2.53. The van der Waals surface area contributed by atoms with Crippen molar-refractivity contribution in [2.45, 2.75) is 19.4 Å². The first-order chi connectivity index (χ1) is 10.1. The van der Waals surface area contributed by atoms with E-state index in [0.29, 0.717) is 0 Å². The highest BCUT2D eigenvalue weighted by molar-refractivity contribution is 5.39. The van der Waals surface area contributed by atoms with Gasteiger partial charge in [0.15, 0.2) is 5.54 Å². The molecule has 2 aromatic carbocycles. The number of nitrogens with zero attached hydrogens (tertiary/aromatic N) is 1. The van der Waals surface area contributed by atoms with Crippen LogP contribution >= 0.6 is 0 Å². The Morgan fingerprint density at radius 3 is 2.43 bits per heavy atom. The molecule has 2 aromatic rings. The molecule has 108 valence electrons. The summed E-state index contributed by atoms with van der Waals surface area (Å²) in [5, 5.41) is 12.7. The second-order valence-corrected chi connectivity index (χ2v) is 5.12. The quantitative estimate of drug-likeness (QED) is 0.913. The van der Waals surface area contributed by atoms with Crippen molar-refractivity contribution in [2.24, 2.45) is 0 Å². The number of rotatable bonds is 5. The van der Waals surface area contributed by atoms with E-state index in [9.17, 15) is 5.26 Å². The van der Waals surface area contributed by atoms with E-state index in [1.165, 1.54) is 5.56 Å². The van der Waals surface area contributed by atoms with Gasteiger partial charge in [-0.15, -0.1) is 0 Å². The zero-order valence-corrected chi connectivity index (χ0v) is 12.7. The predicted octanol–water partition coefficient (Wildman–Crippen LogP) is 3.32. The molecule has 0 bridgehead atoms. The third-order valence-corrected chi connectivity index (χ3v) is 3.88. The number of hydrogen-bond acceptors (Lipinski definition) is 3. The molecule has 21 heavy (non-hydrogen) atoms. The van der Waals surface area contributed by atoms with Gasteiger partial charge in [-0.05, 0) is 43.7 Å². The van der Waals surface area contributed by atoms with Crippen molar-refractivity contribution in [3.05, 3.63) is 65.2 Å². The van der Waals surface area contributed by atoms with Crippen LogP contribution in [0.3, 0.4) is 0 Å². The minimum atomic E-state index is -0.850. The first kappa shape index (κ1) is 15.1. The fourth-order valence-corrected chi connectivity index (χ4v) is 2.24. The molecule has 1 N–H and O–H groups in total. The molecule has 0 spiro atoms. The summed E-state index contributed by atoms with van der Waals surface area (Å²) in [7, 11) is 1.78. The number of ether oxygens (including phenoxy) is 1. The van der Waals surface area contributed by atoms with Gasteiger partial charge in [-0.3, -0.25) is 5.32 Å². The van der Waals surface area contributed by atoms with E-state index < -0.39 is 5.54 Å². The highest BCUT2D eigenvalue weighted by Crippen LogP contribution is 2.25. The highest BCUT2D eigenvalue weighted by Gasteiger charge is 2.31. The van der Waals surface area contributed by atoms with Gasteiger partial charge < -0.3 is 4.74 Å². The Morgan fingerprint density at radius 2 is 1.81 bits per heavy atom. The third-order valence-electron chi connectivity index (χ3n) is 3.88. The molecule has 0 radical (unpaired) electrons. The van der Waals surface area contributed by atoms with Crippen molar-refractivity contribution in [1.29, 1.82) is 5.26 Å². The van der Waals surface area contributed by atoms with Gasteiger partial charge in [-0.2, -0.15) is 5.26 Å². The first-order valence-electron chi connectivity index (χ1n) is 6.97. The Labute approximate surface area is 126 Å². The number of benzene rings is 2. The standard InChI is InChI=1S/C18H20N2O/c1-14-8-7-11-17(15(14)2)21-13-18(12-19,20-3)16-9-5-4-6-10-16/h4-11,20H,13H2,1-3H3. The molecule has 0 aromatic heterocycles. The molecule has 1 unspecified atom stereocenters. The van der Waals surface area contributed by atoms with Crippen molar-refractivity contribution in [3.63, 3.8) is 0 Å². The first-order valence-corrected chi connectivity index (χ1v) is 6.97. The maximum atomic E-state index is 9.64. The predicted molar refractivity (Wildman–Crippen MR) is 84.2 cm³/mol. The molecule has 0 aliphatic carbocycles. The maximum Gasteiger partial charge on any atom is 0.166 e. The molecule has 3 heteroatoms. The van der Waals surface area contributed by atoms with Crippen molar-refractivity contribution < 1.29 is 4.74 Å². The minimum Gasteiger partial charge on any atom is -0.490 e. The van der Waals surface area contributed by atoms with Crippen LogP contribution in [0.1, 0.15) is 16.7 Å². The van der Waals surface area contributed by atoms with Crippen LogP contribution in [-0.2, 0) is 5.54 Å². The van der Waals surface area contributed by atoms with E-state index in [-0.39, 0.29) is 6.61 Å². The maximum absolute atomic E-state index is 9.64. The summed E-state index contributed by atoms with van der Waals surface area (Å²) >= 11 is 0. The van der Waals surface area contributed by atoms with Crippen LogP contribution in [0.15, 0.2) is 48.5 Å². The molecule has 3 nitrogen and oxygen atoms in total. The smallest absolute Gasteiger partial charge is 0.166 e. The lowest BCUT2D eigenvalue weighted by molar-refractivity contribution is 0.229. The molecule has 0 aliphatic heterocycles. The molecule has 0 aliphatic rings. The third kappa shape index (κ3) is 3.07. The molecule has 0 amide bonds. The molecule has 0 heterocycles. The SMILES string of the molecule is CNC(C#N)(COc1cccc(C)c1C)c1ccccc1. The largest absolute Gasteiger partial charge is 0.490 e. The number of nitriles is 1. The Kier molecular flexibility index (Phi) is 4.62. The van der Waals surface area contributed by atoms with Crippen molar-refractivity contribution >= 4 is 0 Å². The van der Waals surface area contributed by atoms with Gasteiger partial charge in [0.05, 0.1) is 6.07 Å². The lowest BCUT2D eigenvalue weighted by Gasteiger charge is -2.27. The fraction of sp³-hybridized carbons (Fsp3) is 0.278. The van der Waals surface area contributed by atoms with Crippen LogP contribution in [0, 0.1) is 25.2 Å². The van der Waals surface area contributed by atoms with E-state index in [1.54, 1.807) is 7.05 Å².